The van der Waals surface area contributed by atoms with Crippen LogP contribution in [-0.4, -0.2) is 31.0 Å². The van der Waals surface area contributed by atoms with Crippen molar-refractivity contribution in [2.24, 2.45) is 5.41 Å². The first-order chi connectivity index (χ1) is 12.9. The van der Waals surface area contributed by atoms with Crippen molar-refractivity contribution in [3.05, 3.63) is 48.5 Å². The molecule has 0 N–H and O–H groups in total. The molecule has 0 amide bonds. The van der Waals surface area contributed by atoms with Crippen LogP contribution in [0.5, 0.6) is 11.5 Å². The van der Waals surface area contributed by atoms with Gasteiger partial charge in [-0.25, -0.2) is 0 Å². The van der Waals surface area contributed by atoms with Gasteiger partial charge in [-0.05, 0) is 0 Å². The molecule has 4 rings (SSSR count). The Balaban J connectivity index is 1.96. The SMILES string of the molecule is CCN(CC)P12(OCC(C)(C)CO1)Oc1ccccc1-c1ccccc1O2. The third kappa shape index (κ3) is 2.94. The Labute approximate surface area is 161 Å². The molecule has 0 atom stereocenters. The Kier molecular flexibility index (Phi) is 4.47. The quantitative estimate of drug-likeness (QED) is 0.633. The Morgan fingerprint density at radius 1 is 0.815 bits per heavy atom. The molecule has 146 valence electrons. The first-order valence-corrected chi connectivity index (χ1v) is 11.4. The summed E-state index contributed by atoms with van der Waals surface area (Å²) in [5.74, 6) is 1.46. The first kappa shape index (κ1) is 18.7. The Bertz CT molecular complexity index is 788. The molecule has 0 aromatic heterocycles. The monoisotopic (exact) mass is 389 g/mol. The predicted molar refractivity (Wildman–Crippen MR) is 109 cm³/mol. The molecule has 27 heavy (non-hydrogen) atoms. The molecule has 2 aromatic rings. The Morgan fingerprint density at radius 3 is 1.70 bits per heavy atom. The summed E-state index contributed by atoms with van der Waals surface area (Å²) in [6.45, 7) is 10.8. The minimum atomic E-state index is -4.06. The van der Waals surface area contributed by atoms with Gasteiger partial charge in [0, 0.05) is 0 Å². The molecule has 2 aromatic carbocycles. The van der Waals surface area contributed by atoms with Crippen LogP contribution in [0.15, 0.2) is 48.5 Å². The van der Waals surface area contributed by atoms with Crippen molar-refractivity contribution < 1.29 is 18.1 Å². The molecular weight excluding hydrogens is 361 g/mol. The second-order valence-electron chi connectivity index (χ2n) is 7.80. The first-order valence-electron chi connectivity index (χ1n) is 9.57. The van der Waals surface area contributed by atoms with Crippen LogP contribution >= 0.6 is 7.66 Å². The third-order valence-electron chi connectivity index (χ3n) is 5.10. The maximum absolute atomic E-state index is 6.68. The van der Waals surface area contributed by atoms with Crippen molar-refractivity contribution in [1.29, 1.82) is 0 Å². The van der Waals surface area contributed by atoms with Gasteiger partial charge < -0.3 is 0 Å². The second kappa shape index (κ2) is 6.46. The van der Waals surface area contributed by atoms with E-state index >= 15 is 0 Å². The molecule has 0 bridgehead atoms. The molecule has 6 heteroatoms. The van der Waals surface area contributed by atoms with E-state index in [1.165, 1.54) is 0 Å². The fourth-order valence-electron chi connectivity index (χ4n) is 3.60. The van der Waals surface area contributed by atoms with Crippen molar-refractivity contribution in [3.8, 4) is 22.6 Å². The summed E-state index contributed by atoms with van der Waals surface area (Å²) < 4.78 is 28.5. The van der Waals surface area contributed by atoms with Crippen molar-refractivity contribution in [3.63, 3.8) is 0 Å². The van der Waals surface area contributed by atoms with E-state index in [0.717, 1.165) is 22.6 Å². The van der Waals surface area contributed by atoms with E-state index in [9.17, 15) is 0 Å². The fraction of sp³-hybridized carbons (Fsp3) is 0.429. The van der Waals surface area contributed by atoms with E-state index in [2.05, 4.69) is 32.4 Å². The van der Waals surface area contributed by atoms with Crippen LogP contribution in [0.4, 0.5) is 0 Å². The molecule has 2 aliphatic heterocycles. The predicted octanol–water partition coefficient (Wildman–Crippen LogP) is 5.67. The van der Waals surface area contributed by atoms with Crippen molar-refractivity contribution in [2.75, 3.05) is 26.3 Å². The maximum atomic E-state index is 6.68. The zero-order chi connectivity index (χ0) is 19.1. The zero-order valence-electron chi connectivity index (χ0n) is 16.5. The van der Waals surface area contributed by atoms with Gasteiger partial charge in [-0.2, -0.15) is 0 Å². The van der Waals surface area contributed by atoms with Crippen LogP contribution in [0.1, 0.15) is 27.7 Å². The molecular formula is C21H28NO4P. The summed E-state index contributed by atoms with van der Waals surface area (Å²) in [5.41, 5.74) is 1.87. The topological polar surface area (TPSA) is 40.2 Å². The molecule has 1 spiro atoms. The molecule has 0 saturated carbocycles. The van der Waals surface area contributed by atoms with Gasteiger partial charge in [-0.15, -0.1) is 0 Å². The van der Waals surface area contributed by atoms with Crippen LogP contribution in [0, 0.1) is 5.41 Å². The zero-order valence-corrected chi connectivity index (χ0v) is 17.4. The number of benzene rings is 2. The van der Waals surface area contributed by atoms with Crippen molar-refractivity contribution >= 4 is 7.66 Å². The third-order valence-corrected chi connectivity index (χ3v) is 8.72. The van der Waals surface area contributed by atoms with E-state index in [0.29, 0.717) is 26.3 Å². The molecule has 0 aliphatic carbocycles. The second-order valence-corrected chi connectivity index (χ2v) is 10.8. The fourth-order valence-corrected chi connectivity index (χ4v) is 7.51. The average molecular weight is 389 g/mol. The van der Waals surface area contributed by atoms with Crippen molar-refractivity contribution in [2.45, 2.75) is 27.7 Å². The molecule has 0 radical (unpaired) electrons. The van der Waals surface area contributed by atoms with Gasteiger partial charge in [0.05, 0.1) is 0 Å². The van der Waals surface area contributed by atoms with Crippen LogP contribution in [-0.2, 0) is 9.05 Å². The summed E-state index contributed by atoms with van der Waals surface area (Å²) in [6.07, 6.45) is 0. The molecule has 1 fully saturated rings. The van der Waals surface area contributed by atoms with Gasteiger partial charge in [-0.3, -0.25) is 0 Å². The standard InChI is InChI=1S/C21H28NO4P/c1-5-22(6-2)27(23-15-21(3,4)16-24-27)25-19-13-9-7-11-17(19)18-12-8-10-14-20(18)26-27/h7-14H,5-6,15-16H2,1-4H3. The van der Waals surface area contributed by atoms with Gasteiger partial charge in [0.2, 0.25) is 0 Å². The summed E-state index contributed by atoms with van der Waals surface area (Å²) in [7, 11) is -4.06. The van der Waals surface area contributed by atoms with E-state index < -0.39 is 7.66 Å². The number of fused-ring (bicyclic) bond motifs is 3. The molecule has 5 nitrogen and oxygen atoms in total. The van der Waals surface area contributed by atoms with E-state index in [1.807, 2.05) is 48.5 Å². The normalized spacial score (nSPS) is 23.1. The molecule has 0 unspecified atom stereocenters. The van der Waals surface area contributed by atoms with Crippen LogP contribution < -0.4 is 9.05 Å². The minimum absolute atomic E-state index is 0.103. The van der Waals surface area contributed by atoms with Gasteiger partial charge in [0.1, 0.15) is 0 Å². The van der Waals surface area contributed by atoms with Gasteiger partial charge in [0.25, 0.3) is 0 Å². The van der Waals surface area contributed by atoms with Crippen molar-refractivity contribution in [1.82, 2.24) is 4.67 Å². The Hall–Kier alpha value is -1.65. The van der Waals surface area contributed by atoms with Gasteiger partial charge in [0.15, 0.2) is 0 Å². The van der Waals surface area contributed by atoms with E-state index in [4.69, 9.17) is 18.1 Å². The van der Waals surface area contributed by atoms with Gasteiger partial charge in [-0.1, -0.05) is 0 Å². The molecule has 2 aliphatic rings. The van der Waals surface area contributed by atoms with Gasteiger partial charge >= 0.3 is 161 Å². The van der Waals surface area contributed by atoms with E-state index in [-0.39, 0.29) is 5.41 Å². The number of hydrogen-bond acceptors (Lipinski definition) is 5. The summed E-state index contributed by atoms with van der Waals surface area (Å²) >= 11 is 0. The number of hydrogen-bond donors (Lipinski definition) is 0. The summed E-state index contributed by atoms with van der Waals surface area (Å²) in [6, 6.07) is 16.0. The Morgan fingerprint density at radius 2 is 1.26 bits per heavy atom. The summed E-state index contributed by atoms with van der Waals surface area (Å²) in [5, 5.41) is 0. The van der Waals surface area contributed by atoms with E-state index in [1.54, 1.807) is 0 Å². The average Bonchev–Trinajstić information content (AvgIpc) is 2.79. The summed E-state index contributed by atoms with van der Waals surface area (Å²) in [4.78, 5) is 0. The van der Waals surface area contributed by atoms with Crippen LogP contribution in [0.25, 0.3) is 11.1 Å². The number of rotatable bonds is 3. The molecule has 1 saturated heterocycles. The molecule has 2 heterocycles. The number of para-hydroxylation sites is 2. The van der Waals surface area contributed by atoms with Crippen LogP contribution in [0.3, 0.4) is 0 Å². The number of nitrogens with zero attached hydrogens (tertiary/aromatic N) is 1. The van der Waals surface area contributed by atoms with Crippen LogP contribution in [0.2, 0.25) is 0 Å².